The van der Waals surface area contributed by atoms with Crippen molar-refractivity contribution in [1.29, 1.82) is 0 Å². The van der Waals surface area contributed by atoms with E-state index in [0.29, 0.717) is 10.9 Å². The summed E-state index contributed by atoms with van der Waals surface area (Å²) in [5.41, 5.74) is 2.11. The maximum atomic E-state index is 6.29. The van der Waals surface area contributed by atoms with Gasteiger partial charge in [-0.2, -0.15) is 5.10 Å². The molecule has 0 bridgehead atoms. The second-order valence-corrected chi connectivity index (χ2v) is 5.76. The summed E-state index contributed by atoms with van der Waals surface area (Å²) in [6.07, 6.45) is 1.96. The predicted molar refractivity (Wildman–Crippen MR) is 85.8 cm³/mol. The molecule has 3 rings (SSSR count). The lowest BCUT2D eigenvalue weighted by atomic mass is 9.96. The van der Waals surface area contributed by atoms with Gasteiger partial charge in [-0.05, 0) is 29.8 Å². The Kier molecular flexibility index (Phi) is 3.68. The number of hydrogen-bond acceptors (Lipinski definition) is 2. The van der Waals surface area contributed by atoms with Gasteiger partial charge < -0.3 is 0 Å². The van der Waals surface area contributed by atoms with Crippen LogP contribution in [0.3, 0.4) is 0 Å². The van der Waals surface area contributed by atoms with Gasteiger partial charge in [-0.3, -0.25) is 5.01 Å². The molecular weight excluding hydrogens is 291 g/mol. The highest BCUT2D eigenvalue weighted by molar-refractivity contribution is 6.33. The van der Waals surface area contributed by atoms with Crippen LogP contribution in [0.4, 0.5) is 5.69 Å². The quantitative estimate of drug-likeness (QED) is 0.746. The summed E-state index contributed by atoms with van der Waals surface area (Å²) < 4.78 is 0. The largest absolute Gasteiger partial charge is 0.256 e. The van der Waals surface area contributed by atoms with Gasteiger partial charge in [0.1, 0.15) is 0 Å². The van der Waals surface area contributed by atoms with Crippen LogP contribution < -0.4 is 5.01 Å². The number of hydrogen-bond donors (Lipinski definition) is 0. The van der Waals surface area contributed by atoms with Crippen molar-refractivity contribution in [1.82, 2.24) is 0 Å². The molecule has 4 heteroatoms. The third-order valence-corrected chi connectivity index (χ3v) is 4.07. The Morgan fingerprint density at radius 1 is 1.00 bits per heavy atom. The molecule has 1 aliphatic heterocycles. The van der Waals surface area contributed by atoms with E-state index in [1.54, 1.807) is 0 Å². The normalized spacial score (nSPS) is 21.4. The first-order chi connectivity index (χ1) is 9.66. The van der Waals surface area contributed by atoms with Gasteiger partial charge in [0, 0.05) is 17.2 Å². The fourth-order valence-electron chi connectivity index (χ4n) is 2.51. The third-order valence-electron chi connectivity index (χ3n) is 3.50. The number of anilines is 1. The Balaban J connectivity index is 2.00. The van der Waals surface area contributed by atoms with E-state index >= 15 is 0 Å². The first-order valence-electron chi connectivity index (χ1n) is 6.50. The fourth-order valence-corrected chi connectivity index (χ4v) is 2.86. The van der Waals surface area contributed by atoms with Crippen LogP contribution in [-0.2, 0) is 0 Å². The maximum absolute atomic E-state index is 6.29. The van der Waals surface area contributed by atoms with E-state index in [1.165, 1.54) is 5.56 Å². The average Bonchev–Trinajstić information content (AvgIpc) is 2.82. The summed E-state index contributed by atoms with van der Waals surface area (Å²) in [6, 6.07) is 15.8. The number of benzene rings is 2. The summed E-state index contributed by atoms with van der Waals surface area (Å²) in [6.45, 7) is 2.15. The van der Waals surface area contributed by atoms with Crippen LogP contribution in [0.15, 0.2) is 53.6 Å². The minimum Gasteiger partial charge on any atom is -0.256 e. The number of hydrazone groups is 1. The second-order valence-electron chi connectivity index (χ2n) is 4.92. The number of halogens is 2. The maximum Gasteiger partial charge on any atom is 0.0851 e. The fraction of sp³-hybridized carbons (Fsp3) is 0.188. The topological polar surface area (TPSA) is 15.6 Å². The van der Waals surface area contributed by atoms with Gasteiger partial charge in [-0.1, -0.05) is 54.4 Å². The van der Waals surface area contributed by atoms with Gasteiger partial charge in [-0.15, -0.1) is 0 Å². The monoisotopic (exact) mass is 304 g/mol. The summed E-state index contributed by atoms with van der Waals surface area (Å²) in [5, 5.41) is 7.95. The number of rotatable bonds is 2. The Bertz CT molecular complexity index is 637. The van der Waals surface area contributed by atoms with Crippen LogP contribution in [0.1, 0.15) is 18.5 Å². The van der Waals surface area contributed by atoms with Crippen LogP contribution in [0, 0.1) is 5.92 Å². The molecule has 2 nitrogen and oxygen atoms in total. The minimum atomic E-state index is 0.146. The Labute approximate surface area is 128 Å². The molecule has 0 fully saturated rings. The Morgan fingerprint density at radius 3 is 2.40 bits per heavy atom. The van der Waals surface area contributed by atoms with E-state index in [-0.39, 0.29) is 6.04 Å². The van der Waals surface area contributed by atoms with E-state index in [1.807, 2.05) is 59.8 Å². The highest BCUT2D eigenvalue weighted by atomic mass is 35.5. The zero-order chi connectivity index (χ0) is 14.1. The van der Waals surface area contributed by atoms with Crippen LogP contribution in [-0.4, -0.2) is 6.21 Å². The predicted octanol–water partition coefficient (Wildman–Crippen LogP) is 5.18. The standard InChI is InChI=1S/C16H14Cl2N2/c1-11-10-19-20(15-5-3-2-4-14(15)18)16(11)12-6-8-13(17)9-7-12/h2-11,16H,1H3/t11-,16-/m1/s1. The van der Waals surface area contributed by atoms with Gasteiger partial charge in [0.15, 0.2) is 0 Å². The molecule has 0 amide bonds. The molecule has 2 atom stereocenters. The van der Waals surface area contributed by atoms with Gasteiger partial charge >= 0.3 is 0 Å². The van der Waals surface area contributed by atoms with Gasteiger partial charge in [0.05, 0.1) is 16.8 Å². The third kappa shape index (κ3) is 2.41. The average molecular weight is 305 g/mol. The highest BCUT2D eigenvalue weighted by Gasteiger charge is 2.31. The zero-order valence-corrected chi connectivity index (χ0v) is 12.5. The van der Waals surface area contributed by atoms with Crippen molar-refractivity contribution in [2.45, 2.75) is 13.0 Å². The van der Waals surface area contributed by atoms with Crippen LogP contribution in [0.5, 0.6) is 0 Å². The summed E-state index contributed by atoms with van der Waals surface area (Å²) in [5.74, 6) is 0.312. The molecule has 0 saturated heterocycles. The molecule has 0 spiro atoms. The number of nitrogens with zero attached hydrogens (tertiary/aromatic N) is 2. The molecule has 102 valence electrons. The zero-order valence-electron chi connectivity index (χ0n) is 11.0. The smallest absolute Gasteiger partial charge is 0.0851 e. The molecule has 0 N–H and O–H groups in total. The molecule has 1 heterocycles. The first-order valence-corrected chi connectivity index (χ1v) is 7.26. The van der Waals surface area contributed by atoms with Crippen molar-refractivity contribution in [2.75, 3.05) is 5.01 Å². The van der Waals surface area contributed by atoms with Crippen molar-refractivity contribution in [3.05, 3.63) is 64.1 Å². The summed E-state index contributed by atoms with van der Waals surface area (Å²) in [7, 11) is 0. The van der Waals surface area contributed by atoms with Crippen molar-refractivity contribution in [3.63, 3.8) is 0 Å². The van der Waals surface area contributed by atoms with E-state index in [9.17, 15) is 0 Å². The number of para-hydroxylation sites is 1. The summed E-state index contributed by atoms with van der Waals surface area (Å²) >= 11 is 12.3. The molecule has 0 aromatic heterocycles. The Hall–Kier alpha value is -1.51. The lowest BCUT2D eigenvalue weighted by molar-refractivity contribution is 0.592. The lowest BCUT2D eigenvalue weighted by Crippen LogP contribution is -2.23. The van der Waals surface area contributed by atoms with E-state index in [4.69, 9.17) is 23.2 Å². The molecule has 1 aliphatic rings. The minimum absolute atomic E-state index is 0.146. The van der Waals surface area contributed by atoms with Crippen LogP contribution in [0.2, 0.25) is 10.0 Å². The van der Waals surface area contributed by atoms with Crippen molar-refractivity contribution in [3.8, 4) is 0 Å². The molecule has 2 aromatic carbocycles. The molecule has 2 aromatic rings. The van der Waals surface area contributed by atoms with Crippen molar-refractivity contribution >= 4 is 35.1 Å². The van der Waals surface area contributed by atoms with E-state index < -0.39 is 0 Å². The van der Waals surface area contributed by atoms with E-state index in [0.717, 1.165) is 10.7 Å². The molecule has 0 radical (unpaired) electrons. The SMILES string of the molecule is C[C@@H]1C=NN(c2ccccc2Cl)[C@H]1c1ccc(Cl)cc1. The lowest BCUT2D eigenvalue weighted by Gasteiger charge is -2.27. The van der Waals surface area contributed by atoms with Gasteiger partial charge in [-0.25, -0.2) is 0 Å². The van der Waals surface area contributed by atoms with Crippen LogP contribution >= 0.6 is 23.2 Å². The van der Waals surface area contributed by atoms with E-state index in [2.05, 4.69) is 12.0 Å². The van der Waals surface area contributed by atoms with Crippen molar-refractivity contribution in [2.24, 2.45) is 11.0 Å². The van der Waals surface area contributed by atoms with Gasteiger partial charge in [0.2, 0.25) is 0 Å². The van der Waals surface area contributed by atoms with Crippen LogP contribution in [0.25, 0.3) is 0 Å². The molecule has 0 saturated carbocycles. The molecule has 0 unspecified atom stereocenters. The van der Waals surface area contributed by atoms with Gasteiger partial charge in [0.25, 0.3) is 0 Å². The van der Waals surface area contributed by atoms with Crippen molar-refractivity contribution < 1.29 is 0 Å². The molecule has 0 aliphatic carbocycles. The first kappa shape index (κ1) is 13.5. The second kappa shape index (κ2) is 5.47. The summed E-state index contributed by atoms with van der Waals surface area (Å²) in [4.78, 5) is 0. The molecular formula is C16H14Cl2N2. The highest BCUT2D eigenvalue weighted by Crippen LogP contribution is 2.39. The Morgan fingerprint density at radius 2 is 1.70 bits per heavy atom. The molecule has 20 heavy (non-hydrogen) atoms.